The second kappa shape index (κ2) is 74.8. The second-order valence-corrected chi connectivity index (χ2v) is 31.4. The van der Waals surface area contributed by atoms with Crippen LogP contribution in [-0.4, -0.2) is 96.7 Å². The molecule has 0 radical (unpaired) electrons. The Morgan fingerprint density at radius 3 is 0.730 bits per heavy atom. The van der Waals surface area contributed by atoms with E-state index in [9.17, 15) is 43.2 Å². The smallest absolute Gasteiger partial charge is 0.462 e. The van der Waals surface area contributed by atoms with Crippen LogP contribution in [0, 0.1) is 0 Å². The summed E-state index contributed by atoms with van der Waals surface area (Å²) in [4.78, 5) is 73.0. The van der Waals surface area contributed by atoms with Gasteiger partial charge in [-0.25, -0.2) is 9.13 Å². The summed E-state index contributed by atoms with van der Waals surface area (Å²) < 4.78 is 68.7. The highest BCUT2D eigenvalue weighted by Gasteiger charge is 2.30. The van der Waals surface area contributed by atoms with Gasteiger partial charge < -0.3 is 33.8 Å². The van der Waals surface area contributed by atoms with Crippen molar-refractivity contribution in [1.29, 1.82) is 0 Å². The molecule has 0 heterocycles. The third-order valence-corrected chi connectivity index (χ3v) is 20.4. The zero-order chi connectivity index (χ0) is 73.2. The molecule has 0 aliphatic carbocycles. The van der Waals surface area contributed by atoms with E-state index in [2.05, 4.69) is 52.0 Å². The summed E-state index contributed by atoms with van der Waals surface area (Å²) in [5.74, 6) is -2.13. The first kappa shape index (κ1) is 97.5. The number of carbonyl (C=O) groups is 4. The van der Waals surface area contributed by atoms with E-state index >= 15 is 0 Å². The van der Waals surface area contributed by atoms with E-state index in [1.807, 2.05) is 0 Å². The summed E-state index contributed by atoms with van der Waals surface area (Å²) in [7, 11) is -9.93. The van der Waals surface area contributed by atoms with Crippen molar-refractivity contribution in [3.05, 3.63) is 24.3 Å². The molecule has 0 saturated heterocycles. The number of phosphoric ester groups is 2. The number of allylic oxidation sites excluding steroid dienone is 4. The maximum Gasteiger partial charge on any atom is 0.472 e. The molecular formula is C81H154O17P2. The van der Waals surface area contributed by atoms with E-state index in [4.69, 9.17) is 37.0 Å². The van der Waals surface area contributed by atoms with E-state index in [1.54, 1.807) is 0 Å². The SMILES string of the molecule is CCCCCC/C=C\C=C/CCCCCCCC(=O)O[C@H](COC(=O)CCCCCCCCCCCCCCC)COP(=O)(O)OC[C@H](O)COP(=O)(O)OC[C@@H](COC(=O)CCCCCCCCCCCCCCCCCC)OC(=O)CCCCCCCCCCCCCCCCCC. The van der Waals surface area contributed by atoms with Crippen LogP contribution in [0.4, 0.5) is 0 Å². The number of esters is 4. The van der Waals surface area contributed by atoms with E-state index in [1.165, 1.54) is 231 Å². The van der Waals surface area contributed by atoms with Crippen LogP contribution in [0.1, 0.15) is 413 Å². The molecule has 590 valence electrons. The van der Waals surface area contributed by atoms with Crippen LogP contribution in [0.2, 0.25) is 0 Å². The fourth-order valence-electron chi connectivity index (χ4n) is 12.1. The quantitative estimate of drug-likeness (QED) is 0.0169. The van der Waals surface area contributed by atoms with Gasteiger partial charge in [0, 0.05) is 25.7 Å². The fraction of sp³-hybridized carbons (Fsp3) is 0.901. The maximum absolute atomic E-state index is 13.1. The predicted molar refractivity (Wildman–Crippen MR) is 409 cm³/mol. The predicted octanol–water partition coefficient (Wildman–Crippen LogP) is 24.1. The monoisotopic (exact) mass is 1460 g/mol. The lowest BCUT2D eigenvalue weighted by molar-refractivity contribution is -0.161. The normalized spacial score (nSPS) is 13.9. The molecular weight excluding hydrogens is 1310 g/mol. The standard InChI is InChI=1S/C81H154O17P2/c1-5-9-13-17-21-25-29-33-36-39-42-46-50-54-58-62-66-79(84)92-72-77(98-81(86)68-64-60-56-52-48-44-40-37-34-30-26-22-18-14-10-6-2)74-96-100(89,90)94-70-75(82)69-93-99(87,88)95-73-76(71-91-78(83)65-61-57-53-49-45-41-32-28-24-20-16-12-8-4)97-80(85)67-63-59-55-51-47-43-38-35-31-27-23-19-15-11-7-3/h27,31,35,38,75-77,82H,5-26,28-30,32-34,36-37,39-74H2,1-4H3,(H,87,88)(H,89,90)/b31-27-,38-35-/t75-,76+,77+/m0/s1. The van der Waals surface area contributed by atoms with Gasteiger partial charge in [-0.3, -0.25) is 37.3 Å². The summed E-state index contributed by atoms with van der Waals surface area (Å²) in [6, 6.07) is 0. The molecule has 0 fully saturated rings. The molecule has 0 saturated carbocycles. The van der Waals surface area contributed by atoms with Crippen molar-refractivity contribution in [2.45, 2.75) is 431 Å². The number of aliphatic hydroxyl groups excluding tert-OH is 1. The lowest BCUT2D eigenvalue weighted by Crippen LogP contribution is -2.30. The molecule has 100 heavy (non-hydrogen) atoms. The lowest BCUT2D eigenvalue weighted by atomic mass is 10.0. The molecule has 0 amide bonds. The Morgan fingerprint density at radius 1 is 0.280 bits per heavy atom. The molecule has 0 aliphatic rings. The van der Waals surface area contributed by atoms with Crippen molar-refractivity contribution in [2.24, 2.45) is 0 Å². The van der Waals surface area contributed by atoms with Crippen LogP contribution in [0.3, 0.4) is 0 Å². The van der Waals surface area contributed by atoms with Crippen LogP contribution >= 0.6 is 15.6 Å². The molecule has 0 aliphatic heterocycles. The van der Waals surface area contributed by atoms with Gasteiger partial charge in [-0.05, 0) is 51.4 Å². The average molecular weight is 1460 g/mol. The number of carbonyl (C=O) groups excluding carboxylic acids is 4. The summed E-state index contributed by atoms with van der Waals surface area (Å²) >= 11 is 0. The van der Waals surface area contributed by atoms with E-state index < -0.39 is 97.5 Å². The van der Waals surface area contributed by atoms with Gasteiger partial charge >= 0.3 is 39.5 Å². The molecule has 0 aromatic carbocycles. The number of aliphatic hydroxyl groups is 1. The first-order valence-electron chi connectivity index (χ1n) is 41.6. The third-order valence-electron chi connectivity index (χ3n) is 18.5. The number of hydrogen-bond donors (Lipinski definition) is 3. The van der Waals surface area contributed by atoms with Crippen molar-refractivity contribution in [1.82, 2.24) is 0 Å². The zero-order valence-corrected chi connectivity index (χ0v) is 66.5. The third kappa shape index (κ3) is 73.8. The minimum absolute atomic E-state index is 0.0861. The topological polar surface area (TPSA) is 237 Å². The van der Waals surface area contributed by atoms with Gasteiger partial charge in [0.05, 0.1) is 26.4 Å². The van der Waals surface area contributed by atoms with Crippen molar-refractivity contribution in [2.75, 3.05) is 39.6 Å². The number of hydrogen-bond acceptors (Lipinski definition) is 15. The lowest BCUT2D eigenvalue weighted by Gasteiger charge is -2.21. The minimum atomic E-state index is -4.97. The fourth-order valence-corrected chi connectivity index (χ4v) is 13.7. The van der Waals surface area contributed by atoms with Crippen LogP contribution in [0.5, 0.6) is 0 Å². The Hall–Kier alpha value is -2.46. The van der Waals surface area contributed by atoms with Gasteiger partial charge in [-0.15, -0.1) is 0 Å². The van der Waals surface area contributed by atoms with E-state index in [-0.39, 0.29) is 25.7 Å². The Kier molecular flexibility index (Phi) is 73.0. The Bertz CT molecular complexity index is 1990. The first-order chi connectivity index (χ1) is 48.7. The average Bonchev–Trinajstić information content (AvgIpc) is 0.977. The summed E-state index contributed by atoms with van der Waals surface area (Å²) in [5.41, 5.74) is 0. The van der Waals surface area contributed by atoms with Crippen molar-refractivity contribution in [3.8, 4) is 0 Å². The van der Waals surface area contributed by atoms with Crippen LogP contribution in [-0.2, 0) is 65.4 Å². The highest BCUT2D eigenvalue weighted by molar-refractivity contribution is 7.47. The maximum atomic E-state index is 13.1. The van der Waals surface area contributed by atoms with Crippen LogP contribution < -0.4 is 0 Å². The van der Waals surface area contributed by atoms with Gasteiger partial charge in [-0.2, -0.15) is 0 Å². The number of phosphoric acid groups is 2. The highest BCUT2D eigenvalue weighted by Crippen LogP contribution is 2.45. The Labute approximate surface area is 612 Å². The molecule has 0 aromatic heterocycles. The van der Waals surface area contributed by atoms with Gasteiger partial charge in [0.25, 0.3) is 0 Å². The molecule has 0 spiro atoms. The largest absolute Gasteiger partial charge is 0.472 e. The zero-order valence-electron chi connectivity index (χ0n) is 64.7. The first-order valence-corrected chi connectivity index (χ1v) is 44.6. The highest BCUT2D eigenvalue weighted by atomic mass is 31.2. The van der Waals surface area contributed by atoms with Gasteiger partial charge in [0.15, 0.2) is 12.2 Å². The van der Waals surface area contributed by atoms with Gasteiger partial charge in [0.2, 0.25) is 0 Å². The Balaban J connectivity index is 5.30. The van der Waals surface area contributed by atoms with Crippen molar-refractivity contribution in [3.63, 3.8) is 0 Å². The van der Waals surface area contributed by atoms with E-state index in [0.29, 0.717) is 25.7 Å². The van der Waals surface area contributed by atoms with Crippen LogP contribution in [0.25, 0.3) is 0 Å². The molecule has 2 unspecified atom stereocenters. The van der Waals surface area contributed by atoms with Crippen molar-refractivity contribution >= 4 is 39.5 Å². The number of rotatable bonds is 80. The molecule has 0 rings (SSSR count). The second-order valence-electron chi connectivity index (χ2n) is 28.5. The molecule has 5 atom stereocenters. The van der Waals surface area contributed by atoms with Gasteiger partial charge in [0.1, 0.15) is 19.3 Å². The Morgan fingerprint density at radius 2 is 0.480 bits per heavy atom. The molecule has 17 nitrogen and oxygen atoms in total. The van der Waals surface area contributed by atoms with E-state index in [0.717, 1.165) is 103 Å². The van der Waals surface area contributed by atoms with Crippen LogP contribution in [0.15, 0.2) is 24.3 Å². The molecule has 0 aromatic rings. The molecule has 0 bridgehead atoms. The number of ether oxygens (including phenoxy) is 4. The summed E-state index contributed by atoms with van der Waals surface area (Å²) in [5, 5.41) is 10.6. The molecule has 19 heteroatoms. The summed E-state index contributed by atoms with van der Waals surface area (Å²) in [6.07, 6.45) is 70.0. The molecule has 3 N–H and O–H groups in total. The van der Waals surface area contributed by atoms with Crippen molar-refractivity contribution < 1.29 is 80.2 Å². The minimum Gasteiger partial charge on any atom is -0.462 e. The summed E-state index contributed by atoms with van der Waals surface area (Å²) in [6.45, 7) is 4.97. The number of unbranched alkanes of at least 4 members (excludes halogenated alkanes) is 51. The van der Waals surface area contributed by atoms with Gasteiger partial charge in [-0.1, -0.05) is 360 Å².